The number of rotatable bonds is 2. The number of sulfonamides is 1. The summed E-state index contributed by atoms with van der Waals surface area (Å²) in [5.41, 5.74) is 11.8. The molecule has 1 heterocycles. The van der Waals surface area contributed by atoms with Crippen LogP contribution in [0.5, 0.6) is 0 Å². The molecule has 1 aromatic carbocycles. The lowest BCUT2D eigenvalue weighted by atomic mass is 9.86. The van der Waals surface area contributed by atoms with Gasteiger partial charge < -0.3 is 11.5 Å². The normalized spacial score (nSPS) is 18.8. The maximum absolute atomic E-state index is 12.6. The summed E-state index contributed by atoms with van der Waals surface area (Å²) < 4.78 is 27.8. The van der Waals surface area contributed by atoms with Crippen molar-refractivity contribution in [2.24, 2.45) is 22.4 Å². The van der Waals surface area contributed by atoms with Crippen LogP contribution in [-0.2, 0) is 10.0 Å². The largest absolute Gasteiger partial charge is 0.370 e. The van der Waals surface area contributed by atoms with E-state index in [-0.39, 0.29) is 34.7 Å². The Morgan fingerprint density at radius 1 is 1.16 bits per heavy atom. The Hall–Kier alpha value is -2.06. The number of halogens is 1. The van der Waals surface area contributed by atoms with Gasteiger partial charge >= 0.3 is 0 Å². The third-order valence-electron chi connectivity index (χ3n) is 4.39. The Bertz CT molecular complexity index is 839. The molecule has 7 nitrogen and oxygen atoms in total. The molecule has 25 heavy (non-hydrogen) atoms. The number of amides is 1. The second-order valence-corrected chi connectivity index (χ2v) is 7.79. The monoisotopic (exact) mass is 384 g/mol. The first kappa shape index (κ1) is 19.3. The number of allylic oxidation sites excluding steroid dienone is 1. The summed E-state index contributed by atoms with van der Waals surface area (Å²) in [7, 11) is -3.71. The number of aliphatic imine (C=N–C) groups is 1. The van der Waals surface area contributed by atoms with Gasteiger partial charge in [-0.2, -0.15) is 4.99 Å². The Balaban J connectivity index is 0.00000225. The van der Waals surface area contributed by atoms with Gasteiger partial charge in [0, 0.05) is 11.3 Å². The second kappa shape index (κ2) is 7.45. The van der Waals surface area contributed by atoms with Crippen LogP contribution in [0.2, 0.25) is 0 Å². The predicted octanol–water partition coefficient (Wildman–Crippen LogP) is 1.74. The number of carbonyl (C=O) groups excluding carboxylic acids is 1. The number of hydrogen-bond donors (Lipinski definition) is 3. The number of nitrogens with two attached hydrogens (primary N) is 2. The Morgan fingerprint density at radius 2 is 1.84 bits per heavy atom. The Labute approximate surface area is 153 Å². The molecule has 1 aliphatic heterocycles. The van der Waals surface area contributed by atoms with Crippen LogP contribution < -0.4 is 16.2 Å². The minimum absolute atomic E-state index is 0. The van der Waals surface area contributed by atoms with Gasteiger partial charge in [-0.1, -0.05) is 25.3 Å². The van der Waals surface area contributed by atoms with Crippen LogP contribution in [0.25, 0.3) is 6.08 Å². The Morgan fingerprint density at radius 3 is 2.48 bits per heavy atom. The van der Waals surface area contributed by atoms with Gasteiger partial charge in [0.05, 0.1) is 4.90 Å². The van der Waals surface area contributed by atoms with Crippen molar-refractivity contribution >= 4 is 40.4 Å². The predicted molar refractivity (Wildman–Crippen MR) is 98.7 cm³/mol. The lowest BCUT2D eigenvalue weighted by Gasteiger charge is -2.28. The zero-order valence-corrected chi connectivity index (χ0v) is 15.2. The molecule has 5 N–H and O–H groups in total. The van der Waals surface area contributed by atoms with E-state index in [0.29, 0.717) is 5.56 Å². The van der Waals surface area contributed by atoms with Gasteiger partial charge in [0.15, 0.2) is 5.96 Å². The number of guanidine groups is 1. The molecule has 0 unspecified atom stereocenters. The van der Waals surface area contributed by atoms with Crippen molar-refractivity contribution < 1.29 is 13.2 Å². The molecule has 0 bridgehead atoms. The van der Waals surface area contributed by atoms with Crippen molar-refractivity contribution in [3.63, 3.8) is 0 Å². The molecular formula is C16H21ClN4O3S. The number of carbonyl (C=O) groups is 1. The standard InChI is InChI=1S/C16H20N4O3S.ClH/c17-16(18)19-15(21)12-7-6-11-8-13(10-4-2-1-3-5-10)20-24(22,23)14(11)9-12;/h6-10,20H,1-5H2,(H4,17,18,19,21);1H. The molecule has 136 valence electrons. The summed E-state index contributed by atoms with van der Waals surface area (Å²) in [6, 6.07) is 4.45. The molecule has 0 spiro atoms. The maximum atomic E-state index is 12.6. The molecule has 3 rings (SSSR count). The molecule has 0 aromatic heterocycles. The van der Waals surface area contributed by atoms with E-state index in [9.17, 15) is 13.2 Å². The SMILES string of the molecule is Cl.NC(N)=NC(=O)c1ccc2c(c1)S(=O)(=O)NC(C1CCCCC1)=C2. The number of nitrogens with one attached hydrogen (secondary N) is 1. The van der Waals surface area contributed by atoms with Crippen molar-refractivity contribution in [3.8, 4) is 0 Å². The first-order chi connectivity index (χ1) is 11.4. The highest BCUT2D eigenvalue weighted by Gasteiger charge is 2.29. The highest BCUT2D eigenvalue weighted by atomic mass is 35.5. The smallest absolute Gasteiger partial charge is 0.280 e. The van der Waals surface area contributed by atoms with Gasteiger partial charge in [0.1, 0.15) is 0 Å². The summed E-state index contributed by atoms with van der Waals surface area (Å²) >= 11 is 0. The molecule has 1 fully saturated rings. The zero-order valence-electron chi connectivity index (χ0n) is 13.6. The van der Waals surface area contributed by atoms with Crippen molar-refractivity contribution in [1.82, 2.24) is 4.72 Å². The van der Waals surface area contributed by atoms with Crippen molar-refractivity contribution in [3.05, 3.63) is 35.0 Å². The maximum Gasteiger partial charge on any atom is 0.280 e. The number of hydrogen-bond acceptors (Lipinski definition) is 3. The van der Waals surface area contributed by atoms with Gasteiger partial charge in [-0.3, -0.25) is 9.52 Å². The molecule has 1 aliphatic carbocycles. The molecule has 0 radical (unpaired) electrons. The first-order valence-corrected chi connectivity index (χ1v) is 9.37. The molecule has 1 amide bonds. The van der Waals surface area contributed by atoms with E-state index in [1.165, 1.54) is 18.6 Å². The number of fused-ring (bicyclic) bond motifs is 1. The molecule has 9 heteroatoms. The fraction of sp³-hybridized carbons (Fsp3) is 0.375. The second-order valence-electron chi connectivity index (χ2n) is 6.13. The van der Waals surface area contributed by atoms with E-state index >= 15 is 0 Å². The highest BCUT2D eigenvalue weighted by molar-refractivity contribution is 7.89. The summed E-state index contributed by atoms with van der Waals surface area (Å²) in [6.07, 6.45) is 7.27. The number of benzene rings is 1. The van der Waals surface area contributed by atoms with Crippen LogP contribution in [0, 0.1) is 5.92 Å². The molecular weight excluding hydrogens is 364 g/mol. The fourth-order valence-corrected chi connectivity index (χ4v) is 4.59. The van der Waals surface area contributed by atoms with Crippen LogP contribution in [0.1, 0.15) is 48.0 Å². The quantitative estimate of drug-likeness (QED) is 0.528. The minimum atomic E-state index is -3.71. The van der Waals surface area contributed by atoms with E-state index in [4.69, 9.17) is 11.5 Å². The average molecular weight is 385 g/mol. The summed E-state index contributed by atoms with van der Waals surface area (Å²) in [6.45, 7) is 0. The van der Waals surface area contributed by atoms with E-state index in [0.717, 1.165) is 31.4 Å². The van der Waals surface area contributed by atoms with Gasteiger partial charge in [-0.15, -0.1) is 12.4 Å². The molecule has 2 aliphatic rings. The van der Waals surface area contributed by atoms with Gasteiger partial charge in [0.25, 0.3) is 15.9 Å². The Kier molecular flexibility index (Phi) is 5.74. The first-order valence-electron chi connectivity index (χ1n) is 7.89. The van der Waals surface area contributed by atoms with Crippen molar-refractivity contribution in [1.29, 1.82) is 0 Å². The third kappa shape index (κ3) is 4.13. The highest BCUT2D eigenvalue weighted by Crippen LogP contribution is 2.34. The summed E-state index contributed by atoms with van der Waals surface area (Å²) in [5, 5.41) is 0. The zero-order chi connectivity index (χ0) is 17.3. The molecule has 0 atom stereocenters. The molecule has 1 saturated carbocycles. The summed E-state index contributed by atoms with van der Waals surface area (Å²) in [5.74, 6) is -0.794. The third-order valence-corrected chi connectivity index (χ3v) is 5.83. The number of nitrogens with zero attached hydrogens (tertiary/aromatic N) is 1. The van der Waals surface area contributed by atoms with Crippen LogP contribution >= 0.6 is 12.4 Å². The average Bonchev–Trinajstić information content (AvgIpc) is 2.54. The van der Waals surface area contributed by atoms with E-state index in [1.54, 1.807) is 6.07 Å². The van der Waals surface area contributed by atoms with Crippen LogP contribution in [0.4, 0.5) is 0 Å². The topological polar surface area (TPSA) is 128 Å². The van der Waals surface area contributed by atoms with Gasteiger partial charge in [0.2, 0.25) is 0 Å². The van der Waals surface area contributed by atoms with E-state index in [1.807, 2.05) is 6.08 Å². The fourth-order valence-electron chi connectivity index (χ4n) is 3.22. The van der Waals surface area contributed by atoms with Gasteiger partial charge in [-0.25, -0.2) is 8.42 Å². The molecule has 0 saturated heterocycles. The van der Waals surface area contributed by atoms with Crippen LogP contribution in [-0.4, -0.2) is 20.3 Å². The lowest BCUT2D eigenvalue weighted by Crippen LogP contribution is -2.31. The van der Waals surface area contributed by atoms with Crippen molar-refractivity contribution in [2.45, 2.75) is 37.0 Å². The van der Waals surface area contributed by atoms with E-state index < -0.39 is 15.9 Å². The minimum Gasteiger partial charge on any atom is -0.370 e. The molecule has 1 aromatic rings. The van der Waals surface area contributed by atoms with Crippen LogP contribution in [0.15, 0.2) is 33.8 Å². The summed E-state index contributed by atoms with van der Waals surface area (Å²) in [4.78, 5) is 15.4. The van der Waals surface area contributed by atoms with Crippen molar-refractivity contribution in [2.75, 3.05) is 0 Å². The van der Waals surface area contributed by atoms with Gasteiger partial charge in [-0.05, 0) is 42.5 Å². The lowest BCUT2D eigenvalue weighted by molar-refractivity contribution is 0.100. The van der Waals surface area contributed by atoms with Crippen LogP contribution in [0.3, 0.4) is 0 Å². The van der Waals surface area contributed by atoms with E-state index in [2.05, 4.69) is 9.71 Å².